The van der Waals surface area contributed by atoms with Gasteiger partial charge < -0.3 is 10.5 Å². The molecule has 0 unspecified atom stereocenters. The Labute approximate surface area is 127 Å². The fourth-order valence-electron chi connectivity index (χ4n) is 2.90. The van der Waals surface area contributed by atoms with Crippen molar-refractivity contribution in [2.75, 3.05) is 13.7 Å². The lowest BCUT2D eigenvalue weighted by atomic mass is 9.92. The normalized spacial score (nSPS) is 23.2. The lowest BCUT2D eigenvalue weighted by Crippen LogP contribution is -2.44. The maximum absolute atomic E-state index is 12.8. The molecular weight excluding hydrogens is 288 g/mol. The van der Waals surface area contributed by atoms with Crippen molar-refractivity contribution in [2.24, 2.45) is 5.73 Å². The maximum atomic E-state index is 12.8. The van der Waals surface area contributed by atoms with Crippen LogP contribution < -0.4 is 10.5 Å². The molecule has 2 rings (SSSR count). The van der Waals surface area contributed by atoms with Gasteiger partial charge in [-0.1, -0.05) is 6.92 Å². The Morgan fingerprint density at radius 2 is 1.76 bits per heavy atom. The molecule has 21 heavy (non-hydrogen) atoms. The van der Waals surface area contributed by atoms with Crippen molar-refractivity contribution in [1.29, 1.82) is 0 Å². The Balaban J connectivity index is 2.22. The minimum Gasteiger partial charge on any atom is -0.497 e. The molecule has 1 saturated carbocycles. The van der Waals surface area contributed by atoms with Gasteiger partial charge in [-0.25, -0.2) is 8.42 Å². The first kappa shape index (κ1) is 16.3. The van der Waals surface area contributed by atoms with Crippen molar-refractivity contribution in [3.63, 3.8) is 0 Å². The van der Waals surface area contributed by atoms with Gasteiger partial charge in [-0.05, 0) is 49.9 Å². The molecule has 0 spiro atoms. The minimum atomic E-state index is -3.46. The van der Waals surface area contributed by atoms with Crippen LogP contribution >= 0.6 is 0 Å². The van der Waals surface area contributed by atoms with Crippen LogP contribution in [0.15, 0.2) is 29.2 Å². The summed E-state index contributed by atoms with van der Waals surface area (Å²) in [5, 5.41) is 0. The summed E-state index contributed by atoms with van der Waals surface area (Å²) in [7, 11) is -1.89. The number of methoxy groups -OCH3 is 1. The van der Waals surface area contributed by atoms with Crippen molar-refractivity contribution in [3.8, 4) is 5.75 Å². The molecule has 0 heterocycles. The Hall–Kier alpha value is -1.11. The van der Waals surface area contributed by atoms with Crippen LogP contribution in [0.3, 0.4) is 0 Å². The van der Waals surface area contributed by atoms with Gasteiger partial charge in [0.2, 0.25) is 10.0 Å². The zero-order valence-corrected chi connectivity index (χ0v) is 13.5. The smallest absolute Gasteiger partial charge is 0.243 e. The Kier molecular flexibility index (Phi) is 5.24. The van der Waals surface area contributed by atoms with Gasteiger partial charge in [-0.3, -0.25) is 0 Å². The number of hydrogen-bond donors (Lipinski definition) is 1. The van der Waals surface area contributed by atoms with E-state index in [4.69, 9.17) is 10.5 Å². The number of sulfonamides is 1. The Bertz CT molecular complexity index is 549. The lowest BCUT2D eigenvalue weighted by Gasteiger charge is -2.34. The first-order valence-corrected chi connectivity index (χ1v) is 8.84. The third kappa shape index (κ3) is 3.56. The topological polar surface area (TPSA) is 72.6 Å². The highest BCUT2D eigenvalue weighted by molar-refractivity contribution is 7.89. The van der Waals surface area contributed by atoms with Crippen molar-refractivity contribution in [1.82, 2.24) is 4.31 Å². The second-order valence-electron chi connectivity index (χ2n) is 5.45. The number of ether oxygens (including phenoxy) is 1. The number of hydrogen-bond acceptors (Lipinski definition) is 4. The molecule has 1 aromatic rings. The van der Waals surface area contributed by atoms with Gasteiger partial charge in [0.1, 0.15) is 5.75 Å². The average Bonchev–Trinajstić information content (AvgIpc) is 2.50. The average molecular weight is 312 g/mol. The zero-order chi connectivity index (χ0) is 15.5. The first-order chi connectivity index (χ1) is 9.98. The summed E-state index contributed by atoms with van der Waals surface area (Å²) in [6.07, 6.45) is 3.45. The van der Waals surface area contributed by atoms with Gasteiger partial charge in [0.25, 0.3) is 0 Å². The summed E-state index contributed by atoms with van der Waals surface area (Å²) in [6, 6.07) is 6.83. The van der Waals surface area contributed by atoms with Crippen LogP contribution in [0.4, 0.5) is 0 Å². The molecule has 1 aliphatic rings. The fourth-order valence-corrected chi connectivity index (χ4v) is 4.59. The Morgan fingerprint density at radius 1 is 1.19 bits per heavy atom. The van der Waals surface area contributed by atoms with Crippen molar-refractivity contribution in [2.45, 2.75) is 49.6 Å². The molecule has 0 aromatic heterocycles. The summed E-state index contributed by atoms with van der Waals surface area (Å²) < 4.78 is 32.3. The second-order valence-corrected chi connectivity index (χ2v) is 7.34. The predicted molar refractivity (Wildman–Crippen MR) is 82.8 cm³/mol. The van der Waals surface area contributed by atoms with Gasteiger partial charge in [0.05, 0.1) is 12.0 Å². The second kappa shape index (κ2) is 6.77. The molecular formula is C15H24N2O3S. The van der Waals surface area contributed by atoms with Gasteiger partial charge >= 0.3 is 0 Å². The third-order valence-corrected chi connectivity index (χ3v) is 6.17. The number of rotatable bonds is 5. The zero-order valence-electron chi connectivity index (χ0n) is 12.7. The maximum Gasteiger partial charge on any atom is 0.243 e. The van der Waals surface area contributed by atoms with E-state index in [1.54, 1.807) is 35.7 Å². The van der Waals surface area contributed by atoms with Gasteiger partial charge in [-0.2, -0.15) is 4.31 Å². The van der Waals surface area contributed by atoms with Gasteiger partial charge in [0.15, 0.2) is 0 Å². The van der Waals surface area contributed by atoms with E-state index in [0.717, 1.165) is 25.7 Å². The third-order valence-electron chi connectivity index (χ3n) is 4.13. The van der Waals surface area contributed by atoms with E-state index in [1.807, 2.05) is 6.92 Å². The summed E-state index contributed by atoms with van der Waals surface area (Å²) in [5.74, 6) is 0.653. The molecule has 6 heteroatoms. The molecule has 118 valence electrons. The summed E-state index contributed by atoms with van der Waals surface area (Å²) >= 11 is 0. The molecule has 0 atom stereocenters. The SMILES string of the molecule is CCN(C1CCC(N)CC1)S(=O)(=O)c1ccc(OC)cc1. The van der Waals surface area contributed by atoms with E-state index < -0.39 is 10.0 Å². The Morgan fingerprint density at radius 3 is 2.24 bits per heavy atom. The van der Waals surface area contributed by atoms with E-state index in [2.05, 4.69) is 0 Å². The predicted octanol–water partition coefficient (Wildman–Crippen LogP) is 1.98. The van der Waals surface area contributed by atoms with Crippen LogP contribution in [-0.2, 0) is 10.0 Å². The van der Waals surface area contributed by atoms with E-state index >= 15 is 0 Å². The number of nitrogens with two attached hydrogens (primary N) is 1. The lowest BCUT2D eigenvalue weighted by molar-refractivity contribution is 0.247. The molecule has 1 fully saturated rings. The summed E-state index contributed by atoms with van der Waals surface area (Å²) in [6.45, 7) is 2.36. The van der Waals surface area contributed by atoms with E-state index in [9.17, 15) is 8.42 Å². The van der Waals surface area contributed by atoms with Crippen LogP contribution in [-0.4, -0.2) is 38.5 Å². The van der Waals surface area contributed by atoms with Crippen LogP contribution in [0.25, 0.3) is 0 Å². The van der Waals surface area contributed by atoms with Gasteiger partial charge in [0, 0.05) is 18.6 Å². The number of benzene rings is 1. The molecule has 0 bridgehead atoms. The molecule has 1 aromatic carbocycles. The van der Waals surface area contributed by atoms with E-state index in [-0.39, 0.29) is 12.1 Å². The number of nitrogens with zero attached hydrogens (tertiary/aromatic N) is 1. The quantitative estimate of drug-likeness (QED) is 0.902. The summed E-state index contributed by atoms with van der Waals surface area (Å²) in [5.41, 5.74) is 5.91. The molecule has 0 saturated heterocycles. The van der Waals surface area contributed by atoms with Gasteiger partial charge in [-0.15, -0.1) is 0 Å². The van der Waals surface area contributed by atoms with Crippen molar-refractivity contribution in [3.05, 3.63) is 24.3 Å². The fraction of sp³-hybridized carbons (Fsp3) is 0.600. The highest BCUT2D eigenvalue weighted by atomic mass is 32.2. The molecule has 0 aliphatic heterocycles. The molecule has 0 amide bonds. The van der Waals surface area contributed by atoms with Crippen LogP contribution in [0.5, 0.6) is 5.75 Å². The largest absolute Gasteiger partial charge is 0.497 e. The summed E-state index contributed by atoms with van der Waals surface area (Å²) in [4.78, 5) is 0.319. The highest BCUT2D eigenvalue weighted by Crippen LogP contribution is 2.28. The van der Waals surface area contributed by atoms with Crippen molar-refractivity contribution >= 4 is 10.0 Å². The minimum absolute atomic E-state index is 0.0573. The molecule has 0 radical (unpaired) electrons. The van der Waals surface area contributed by atoms with Crippen LogP contribution in [0.2, 0.25) is 0 Å². The van der Waals surface area contributed by atoms with Crippen LogP contribution in [0.1, 0.15) is 32.6 Å². The van der Waals surface area contributed by atoms with E-state index in [1.165, 1.54) is 0 Å². The monoisotopic (exact) mass is 312 g/mol. The first-order valence-electron chi connectivity index (χ1n) is 7.40. The molecule has 1 aliphatic carbocycles. The molecule has 2 N–H and O–H groups in total. The van der Waals surface area contributed by atoms with Crippen LogP contribution in [0, 0.1) is 0 Å². The molecule has 5 nitrogen and oxygen atoms in total. The standard InChI is InChI=1S/C15H24N2O3S/c1-3-17(13-6-4-12(16)5-7-13)21(18,19)15-10-8-14(20-2)9-11-15/h8-13H,3-7,16H2,1-2H3. The highest BCUT2D eigenvalue weighted by Gasteiger charge is 2.32. The van der Waals surface area contributed by atoms with E-state index in [0.29, 0.717) is 17.2 Å². The van der Waals surface area contributed by atoms with Crippen molar-refractivity contribution < 1.29 is 13.2 Å².